The van der Waals surface area contributed by atoms with Gasteiger partial charge in [0, 0.05) is 31.8 Å². The van der Waals surface area contributed by atoms with Gasteiger partial charge in [0.15, 0.2) is 11.5 Å². The van der Waals surface area contributed by atoms with Gasteiger partial charge < -0.3 is 19.2 Å². The van der Waals surface area contributed by atoms with Gasteiger partial charge in [0.2, 0.25) is 0 Å². The molecule has 102 valence electrons. The molecule has 1 aliphatic heterocycles. The second kappa shape index (κ2) is 5.48. The first-order valence-electron chi connectivity index (χ1n) is 6.73. The Morgan fingerprint density at radius 3 is 2.84 bits per heavy atom. The monoisotopic (exact) mass is 262 g/mol. The predicted octanol–water partition coefficient (Wildman–Crippen LogP) is 2.30. The lowest BCUT2D eigenvalue weighted by molar-refractivity contribution is 0.145. The van der Waals surface area contributed by atoms with Crippen molar-refractivity contribution >= 4 is 11.0 Å². The smallest absolute Gasteiger partial charge is 0.163 e. The third kappa shape index (κ3) is 2.66. The van der Waals surface area contributed by atoms with Crippen molar-refractivity contribution in [2.45, 2.75) is 19.8 Å². The zero-order valence-corrected chi connectivity index (χ0v) is 11.1. The number of hydrogen-bond acceptors (Lipinski definition) is 4. The van der Waals surface area contributed by atoms with Crippen LogP contribution in [0.25, 0.3) is 11.0 Å². The Kier molecular flexibility index (Phi) is 3.55. The molecule has 5 nitrogen and oxygen atoms in total. The third-order valence-corrected chi connectivity index (χ3v) is 3.10. The number of aromatic nitrogens is 2. The fourth-order valence-corrected chi connectivity index (χ4v) is 2.20. The molecular formula is C14H18N2O3. The Bertz CT molecular complexity index is 522. The van der Waals surface area contributed by atoms with Gasteiger partial charge in [0.1, 0.15) is 19.0 Å². The van der Waals surface area contributed by atoms with E-state index in [0.29, 0.717) is 13.2 Å². The summed E-state index contributed by atoms with van der Waals surface area (Å²) in [7, 11) is 0. The maximum Gasteiger partial charge on any atom is 0.163 e. The predicted molar refractivity (Wildman–Crippen MR) is 71.9 cm³/mol. The SMILES string of the molecule is CCOCCCc1nc2cc3c(cc2[nH]1)OCCO3. The second-order valence-corrected chi connectivity index (χ2v) is 4.50. The van der Waals surface area contributed by atoms with Crippen molar-refractivity contribution < 1.29 is 14.2 Å². The molecule has 0 aliphatic carbocycles. The lowest BCUT2D eigenvalue weighted by Crippen LogP contribution is -2.15. The molecule has 0 saturated heterocycles. The molecule has 0 atom stereocenters. The van der Waals surface area contributed by atoms with E-state index in [1.54, 1.807) is 0 Å². The van der Waals surface area contributed by atoms with E-state index in [9.17, 15) is 0 Å². The fraction of sp³-hybridized carbons (Fsp3) is 0.500. The third-order valence-electron chi connectivity index (χ3n) is 3.10. The van der Waals surface area contributed by atoms with E-state index in [1.165, 1.54) is 0 Å². The summed E-state index contributed by atoms with van der Waals surface area (Å²) >= 11 is 0. The van der Waals surface area contributed by atoms with Gasteiger partial charge in [-0.1, -0.05) is 0 Å². The molecule has 0 unspecified atom stereocenters. The summed E-state index contributed by atoms with van der Waals surface area (Å²) in [5, 5.41) is 0. The molecule has 0 bridgehead atoms. The standard InChI is InChI=1S/C14H18N2O3/c1-2-17-5-3-4-14-15-10-8-12-13(9-11(10)16-14)19-7-6-18-12/h8-9H,2-7H2,1H3,(H,15,16). The summed E-state index contributed by atoms with van der Waals surface area (Å²) in [6.45, 7) is 4.75. The van der Waals surface area contributed by atoms with Crippen LogP contribution < -0.4 is 9.47 Å². The molecule has 19 heavy (non-hydrogen) atoms. The summed E-state index contributed by atoms with van der Waals surface area (Å²) in [4.78, 5) is 7.89. The Balaban J connectivity index is 1.76. The van der Waals surface area contributed by atoms with Crippen LogP contribution in [0.3, 0.4) is 0 Å². The zero-order chi connectivity index (χ0) is 13.1. The van der Waals surface area contributed by atoms with Crippen LogP contribution in [-0.2, 0) is 11.2 Å². The van der Waals surface area contributed by atoms with E-state index in [0.717, 1.165) is 54.4 Å². The van der Waals surface area contributed by atoms with Crippen LogP contribution >= 0.6 is 0 Å². The highest BCUT2D eigenvalue weighted by atomic mass is 16.6. The minimum atomic E-state index is 0.601. The average Bonchev–Trinajstić information content (AvgIpc) is 2.82. The van der Waals surface area contributed by atoms with Crippen molar-refractivity contribution in [1.29, 1.82) is 0 Å². The summed E-state index contributed by atoms with van der Waals surface area (Å²) in [5.74, 6) is 2.56. The first-order chi connectivity index (χ1) is 9.36. The molecule has 0 saturated carbocycles. The largest absolute Gasteiger partial charge is 0.486 e. The number of benzene rings is 1. The highest BCUT2D eigenvalue weighted by Crippen LogP contribution is 2.33. The molecule has 0 amide bonds. The first kappa shape index (κ1) is 12.3. The maximum atomic E-state index is 5.56. The number of fused-ring (bicyclic) bond motifs is 2. The number of aryl methyl sites for hydroxylation is 1. The van der Waals surface area contributed by atoms with Crippen molar-refractivity contribution in [2.75, 3.05) is 26.4 Å². The van der Waals surface area contributed by atoms with E-state index in [4.69, 9.17) is 14.2 Å². The number of aromatic amines is 1. The number of nitrogens with one attached hydrogen (secondary N) is 1. The summed E-state index contributed by atoms with van der Waals surface area (Å²) < 4.78 is 16.4. The molecule has 0 radical (unpaired) electrons. The van der Waals surface area contributed by atoms with Crippen LogP contribution in [0.4, 0.5) is 0 Å². The molecular weight excluding hydrogens is 244 g/mol. The highest BCUT2D eigenvalue weighted by molar-refractivity contribution is 5.79. The number of hydrogen-bond donors (Lipinski definition) is 1. The Hall–Kier alpha value is -1.75. The lowest BCUT2D eigenvalue weighted by atomic mass is 10.2. The van der Waals surface area contributed by atoms with E-state index in [2.05, 4.69) is 9.97 Å². The van der Waals surface area contributed by atoms with Crippen molar-refractivity contribution in [1.82, 2.24) is 9.97 Å². The van der Waals surface area contributed by atoms with Crippen LogP contribution in [0.1, 0.15) is 19.2 Å². The van der Waals surface area contributed by atoms with Gasteiger partial charge >= 0.3 is 0 Å². The molecule has 5 heteroatoms. The van der Waals surface area contributed by atoms with E-state index in [-0.39, 0.29) is 0 Å². The van der Waals surface area contributed by atoms with Gasteiger partial charge in [-0.2, -0.15) is 0 Å². The van der Waals surface area contributed by atoms with Crippen LogP contribution in [0.2, 0.25) is 0 Å². The summed E-state index contributed by atoms with van der Waals surface area (Å²) in [5.41, 5.74) is 1.92. The molecule has 1 aromatic carbocycles. The molecule has 3 rings (SSSR count). The number of nitrogens with zero attached hydrogens (tertiary/aromatic N) is 1. The van der Waals surface area contributed by atoms with Crippen LogP contribution in [0.15, 0.2) is 12.1 Å². The highest BCUT2D eigenvalue weighted by Gasteiger charge is 2.14. The maximum absolute atomic E-state index is 5.56. The van der Waals surface area contributed by atoms with E-state index >= 15 is 0 Å². The van der Waals surface area contributed by atoms with Crippen molar-refractivity contribution in [3.8, 4) is 11.5 Å². The molecule has 1 N–H and O–H groups in total. The number of imidazole rings is 1. The molecule has 1 aromatic heterocycles. The van der Waals surface area contributed by atoms with Crippen molar-refractivity contribution in [3.05, 3.63) is 18.0 Å². The van der Waals surface area contributed by atoms with Crippen LogP contribution in [0, 0.1) is 0 Å². The normalized spacial score (nSPS) is 13.9. The van der Waals surface area contributed by atoms with Crippen molar-refractivity contribution in [3.63, 3.8) is 0 Å². The molecule has 0 spiro atoms. The molecule has 2 aromatic rings. The summed E-state index contributed by atoms with van der Waals surface area (Å²) in [6.07, 6.45) is 1.86. The van der Waals surface area contributed by atoms with Gasteiger partial charge in [-0.15, -0.1) is 0 Å². The lowest BCUT2D eigenvalue weighted by Gasteiger charge is -2.17. The van der Waals surface area contributed by atoms with E-state index < -0.39 is 0 Å². The average molecular weight is 262 g/mol. The van der Waals surface area contributed by atoms with Crippen LogP contribution in [0.5, 0.6) is 11.5 Å². The van der Waals surface area contributed by atoms with Gasteiger partial charge in [-0.25, -0.2) is 4.98 Å². The second-order valence-electron chi connectivity index (χ2n) is 4.50. The number of rotatable bonds is 5. The zero-order valence-electron chi connectivity index (χ0n) is 11.1. The van der Waals surface area contributed by atoms with Crippen LogP contribution in [-0.4, -0.2) is 36.4 Å². The molecule has 1 aliphatic rings. The number of H-pyrrole nitrogens is 1. The minimum Gasteiger partial charge on any atom is -0.486 e. The van der Waals surface area contributed by atoms with Gasteiger partial charge in [0.05, 0.1) is 11.0 Å². The molecule has 2 heterocycles. The quantitative estimate of drug-likeness (QED) is 0.840. The summed E-state index contributed by atoms with van der Waals surface area (Å²) in [6, 6.07) is 3.90. The molecule has 0 fully saturated rings. The Morgan fingerprint density at radius 1 is 1.26 bits per heavy atom. The minimum absolute atomic E-state index is 0.601. The fourth-order valence-electron chi connectivity index (χ4n) is 2.20. The van der Waals surface area contributed by atoms with Gasteiger partial charge in [0.25, 0.3) is 0 Å². The van der Waals surface area contributed by atoms with Gasteiger partial charge in [-0.05, 0) is 13.3 Å². The number of ether oxygens (including phenoxy) is 3. The van der Waals surface area contributed by atoms with Gasteiger partial charge in [-0.3, -0.25) is 0 Å². The topological polar surface area (TPSA) is 56.4 Å². The van der Waals surface area contributed by atoms with E-state index in [1.807, 2.05) is 19.1 Å². The van der Waals surface area contributed by atoms with Crippen molar-refractivity contribution in [2.24, 2.45) is 0 Å². The Labute approximate surface area is 111 Å². The first-order valence-corrected chi connectivity index (χ1v) is 6.73. The Morgan fingerprint density at radius 2 is 2.05 bits per heavy atom.